The van der Waals surface area contributed by atoms with Gasteiger partial charge in [0.25, 0.3) is 5.56 Å². The second kappa shape index (κ2) is 5.51. The maximum Gasteiger partial charge on any atom is 0.329 e. The zero-order valence-electron chi connectivity index (χ0n) is 14.5. The van der Waals surface area contributed by atoms with E-state index in [1.807, 2.05) is 35.7 Å². The zero-order chi connectivity index (χ0) is 17.7. The third-order valence-corrected chi connectivity index (χ3v) is 4.67. The van der Waals surface area contributed by atoms with Crippen LogP contribution in [0.3, 0.4) is 0 Å². The topological polar surface area (TPSA) is 79.2 Å². The largest absolute Gasteiger partial charge is 0.378 e. The Labute approximate surface area is 143 Å². The van der Waals surface area contributed by atoms with Crippen LogP contribution in [0.15, 0.2) is 33.9 Å². The molecule has 0 fully saturated rings. The lowest BCUT2D eigenvalue weighted by atomic mass is 10.2. The van der Waals surface area contributed by atoms with Gasteiger partial charge in [0.1, 0.15) is 0 Å². The molecule has 0 saturated heterocycles. The van der Waals surface area contributed by atoms with E-state index in [0.29, 0.717) is 23.7 Å². The standard InChI is InChI=1S/C17H20N6O2/c1-20(2)11-5-7-12(8-6-11)22-9-4-10-23-13-14(18-16(22)23)21(3)17(25)19-15(13)24/h5-8H,4,9-10H2,1-3H3,(H,19,24,25). The molecule has 0 aliphatic carbocycles. The number of imidazole rings is 1. The van der Waals surface area contributed by atoms with Crippen molar-refractivity contribution in [1.29, 1.82) is 0 Å². The Morgan fingerprint density at radius 2 is 1.84 bits per heavy atom. The second-order valence-corrected chi connectivity index (χ2v) is 6.47. The maximum absolute atomic E-state index is 12.3. The Bertz CT molecular complexity index is 1060. The van der Waals surface area contributed by atoms with Gasteiger partial charge in [-0.1, -0.05) is 0 Å². The van der Waals surface area contributed by atoms with Crippen LogP contribution in [0.1, 0.15) is 6.42 Å². The molecule has 1 N–H and O–H groups in total. The monoisotopic (exact) mass is 340 g/mol. The van der Waals surface area contributed by atoms with Crippen molar-refractivity contribution in [2.24, 2.45) is 7.05 Å². The van der Waals surface area contributed by atoms with Crippen LogP contribution in [0.5, 0.6) is 0 Å². The molecule has 1 aromatic carbocycles. The third-order valence-electron chi connectivity index (χ3n) is 4.67. The molecular formula is C17H20N6O2. The molecule has 8 nitrogen and oxygen atoms in total. The van der Waals surface area contributed by atoms with Crippen LogP contribution in [-0.2, 0) is 13.6 Å². The molecule has 3 heterocycles. The SMILES string of the molecule is CN(C)c1ccc(N2CCCn3c2nc2c3c(=O)[nH]c(=O)n2C)cc1. The number of nitrogens with one attached hydrogen (secondary N) is 1. The fraction of sp³-hybridized carbons (Fsp3) is 0.353. The Kier molecular flexibility index (Phi) is 3.41. The lowest BCUT2D eigenvalue weighted by molar-refractivity contribution is 0.602. The lowest BCUT2D eigenvalue weighted by Crippen LogP contribution is -2.31. The molecule has 130 valence electrons. The number of rotatable bonds is 2. The molecular weight excluding hydrogens is 320 g/mol. The Morgan fingerprint density at radius 3 is 2.52 bits per heavy atom. The molecule has 3 aromatic rings. The lowest BCUT2D eigenvalue weighted by Gasteiger charge is -2.29. The fourth-order valence-electron chi connectivity index (χ4n) is 3.30. The quantitative estimate of drug-likeness (QED) is 0.754. The van der Waals surface area contributed by atoms with Crippen LogP contribution in [0.25, 0.3) is 11.2 Å². The summed E-state index contributed by atoms with van der Waals surface area (Å²) in [6.45, 7) is 1.52. The molecule has 4 rings (SSSR count). The number of hydrogen-bond acceptors (Lipinski definition) is 5. The molecule has 0 amide bonds. The number of anilines is 3. The number of H-pyrrole nitrogens is 1. The average molecular weight is 340 g/mol. The first kappa shape index (κ1) is 15.5. The van der Waals surface area contributed by atoms with Gasteiger partial charge in [0.05, 0.1) is 0 Å². The van der Waals surface area contributed by atoms with Crippen molar-refractivity contribution in [3.05, 3.63) is 45.1 Å². The molecule has 0 unspecified atom stereocenters. The summed E-state index contributed by atoms with van der Waals surface area (Å²) in [7, 11) is 5.63. The first-order chi connectivity index (χ1) is 12.0. The number of fused-ring (bicyclic) bond motifs is 3. The highest BCUT2D eigenvalue weighted by atomic mass is 16.2. The molecule has 0 atom stereocenters. The highest BCUT2D eigenvalue weighted by Crippen LogP contribution is 2.31. The van der Waals surface area contributed by atoms with Gasteiger partial charge in [-0.3, -0.25) is 14.3 Å². The summed E-state index contributed by atoms with van der Waals surface area (Å²) in [6, 6.07) is 8.21. The maximum atomic E-state index is 12.3. The van der Waals surface area contributed by atoms with E-state index in [9.17, 15) is 9.59 Å². The smallest absolute Gasteiger partial charge is 0.329 e. The van der Waals surface area contributed by atoms with Crippen LogP contribution < -0.4 is 21.0 Å². The van der Waals surface area contributed by atoms with E-state index in [1.165, 1.54) is 4.57 Å². The van der Waals surface area contributed by atoms with Gasteiger partial charge in [0.2, 0.25) is 5.95 Å². The summed E-state index contributed by atoms with van der Waals surface area (Å²) in [5.74, 6) is 0.700. The van der Waals surface area contributed by atoms with E-state index < -0.39 is 5.69 Å². The van der Waals surface area contributed by atoms with Crippen molar-refractivity contribution in [2.75, 3.05) is 30.4 Å². The van der Waals surface area contributed by atoms with E-state index in [1.54, 1.807) is 7.05 Å². The van der Waals surface area contributed by atoms with Gasteiger partial charge in [0, 0.05) is 45.6 Å². The molecule has 0 spiro atoms. The number of aryl methyl sites for hydroxylation is 2. The molecule has 0 saturated carbocycles. The number of nitrogens with zero attached hydrogens (tertiary/aromatic N) is 5. The molecule has 1 aliphatic heterocycles. The fourth-order valence-corrected chi connectivity index (χ4v) is 3.30. The van der Waals surface area contributed by atoms with Gasteiger partial charge in [-0.2, -0.15) is 4.98 Å². The normalized spacial score (nSPS) is 14.0. The average Bonchev–Trinajstić information content (AvgIpc) is 3.00. The van der Waals surface area contributed by atoms with Crippen LogP contribution >= 0.6 is 0 Å². The Morgan fingerprint density at radius 1 is 1.12 bits per heavy atom. The summed E-state index contributed by atoms with van der Waals surface area (Å²) < 4.78 is 3.28. The summed E-state index contributed by atoms with van der Waals surface area (Å²) >= 11 is 0. The van der Waals surface area contributed by atoms with E-state index in [-0.39, 0.29) is 5.56 Å². The highest BCUT2D eigenvalue weighted by Gasteiger charge is 2.25. The number of hydrogen-bond donors (Lipinski definition) is 1. The molecule has 0 radical (unpaired) electrons. The van der Waals surface area contributed by atoms with Crippen molar-refractivity contribution >= 4 is 28.5 Å². The van der Waals surface area contributed by atoms with Gasteiger partial charge in [0.15, 0.2) is 11.2 Å². The predicted molar refractivity (Wildman–Crippen MR) is 98.0 cm³/mol. The summed E-state index contributed by atoms with van der Waals surface area (Å²) in [4.78, 5) is 35.3. The van der Waals surface area contributed by atoms with Crippen molar-refractivity contribution in [2.45, 2.75) is 13.0 Å². The van der Waals surface area contributed by atoms with E-state index in [0.717, 1.165) is 24.3 Å². The van der Waals surface area contributed by atoms with Gasteiger partial charge in [-0.25, -0.2) is 4.79 Å². The summed E-state index contributed by atoms with van der Waals surface area (Å²) in [5, 5.41) is 0. The van der Waals surface area contributed by atoms with Gasteiger partial charge in [-0.15, -0.1) is 0 Å². The first-order valence-electron chi connectivity index (χ1n) is 8.22. The molecule has 2 aromatic heterocycles. The minimum Gasteiger partial charge on any atom is -0.378 e. The van der Waals surface area contributed by atoms with E-state index in [4.69, 9.17) is 0 Å². The van der Waals surface area contributed by atoms with E-state index in [2.05, 4.69) is 27.0 Å². The number of benzene rings is 1. The van der Waals surface area contributed by atoms with Gasteiger partial charge in [-0.05, 0) is 30.7 Å². The molecule has 1 aliphatic rings. The molecule has 25 heavy (non-hydrogen) atoms. The van der Waals surface area contributed by atoms with Crippen molar-refractivity contribution < 1.29 is 0 Å². The van der Waals surface area contributed by atoms with Crippen molar-refractivity contribution in [3.8, 4) is 0 Å². The molecule has 0 bridgehead atoms. The van der Waals surface area contributed by atoms with Gasteiger partial charge >= 0.3 is 5.69 Å². The Hall–Kier alpha value is -3.03. The second-order valence-electron chi connectivity index (χ2n) is 6.47. The minimum atomic E-state index is -0.449. The molecule has 8 heteroatoms. The third kappa shape index (κ3) is 2.33. The predicted octanol–water partition coefficient (Wildman–Crippen LogP) is 1.03. The van der Waals surface area contributed by atoms with Crippen LogP contribution in [0.2, 0.25) is 0 Å². The Balaban J connectivity index is 1.89. The van der Waals surface area contributed by atoms with Crippen LogP contribution in [0.4, 0.5) is 17.3 Å². The first-order valence-corrected chi connectivity index (χ1v) is 8.22. The highest BCUT2D eigenvalue weighted by molar-refractivity contribution is 5.77. The summed E-state index contributed by atoms with van der Waals surface area (Å²) in [6.07, 6.45) is 0.899. The van der Waals surface area contributed by atoms with Gasteiger partial charge < -0.3 is 14.4 Å². The minimum absolute atomic E-state index is 0.387. The number of aromatic nitrogens is 4. The summed E-state index contributed by atoms with van der Waals surface area (Å²) in [5.41, 5.74) is 2.17. The van der Waals surface area contributed by atoms with Crippen LogP contribution in [0, 0.1) is 0 Å². The van der Waals surface area contributed by atoms with Crippen LogP contribution in [-0.4, -0.2) is 39.7 Å². The van der Waals surface area contributed by atoms with Crippen molar-refractivity contribution in [3.63, 3.8) is 0 Å². The van der Waals surface area contributed by atoms with Crippen molar-refractivity contribution in [1.82, 2.24) is 19.1 Å². The van der Waals surface area contributed by atoms with E-state index >= 15 is 0 Å². The number of aromatic amines is 1. The zero-order valence-corrected chi connectivity index (χ0v) is 14.5.